The summed E-state index contributed by atoms with van der Waals surface area (Å²) in [5.74, 6) is -0.406. The molecule has 9 aromatic heterocycles. The van der Waals surface area contributed by atoms with Crippen molar-refractivity contribution in [2.24, 2.45) is 0 Å². The summed E-state index contributed by atoms with van der Waals surface area (Å²) in [5, 5.41) is 24.8. The molecule has 144 heavy (non-hydrogen) atoms. The van der Waals surface area contributed by atoms with E-state index in [4.69, 9.17) is 49.8 Å². The number of carbonyl (C=O) groups is 4. The molecule has 4 amide bonds. The Morgan fingerprint density at radius 2 is 0.847 bits per heavy atom. The second-order valence-corrected chi connectivity index (χ2v) is 38.6. The minimum absolute atomic E-state index is 0.00757. The molecule has 0 bridgehead atoms. The van der Waals surface area contributed by atoms with Gasteiger partial charge in [-0.25, -0.2) is 61.6 Å². The van der Waals surface area contributed by atoms with Crippen molar-refractivity contribution < 1.29 is 38.2 Å². The molecule has 5 fully saturated rings. The number of pyridine rings is 5. The topological polar surface area (TPSA) is 339 Å². The number of anilines is 4. The summed E-state index contributed by atoms with van der Waals surface area (Å²) in [4.78, 5) is 160. The van der Waals surface area contributed by atoms with Gasteiger partial charge in [-0.2, -0.15) is 19.9 Å². The van der Waals surface area contributed by atoms with Crippen LogP contribution in [0.1, 0.15) is 153 Å². The summed E-state index contributed by atoms with van der Waals surface area (Å²) in [6.45, 7) is 48.0. The van der Waals surface area contributed by atoms with Crippen molar-refractivity contribution in [2.45, 2.75) is 177 Å². The monoisotopic (exact) mass is 2010 g/mol. The summed E-state index contributed by atoms with van der Waals surface area (Å²) in [6, 6.07) is 32.2. The fourth-order valence-electron chi connectivity index (χ4n) is 19.8. The van der Waals surface area contributed by atoms with E-state index in [1.165, 1.54) is 69.8 Å². The number of piperazine rings is 4. The highest BCUT2D eigenvalue weighted by Gasteiger charge is 2.43. The minimum atomic E-state index is -0.709. The van der Waals surface area contributed by atoms with Crippen molar-refractivity contribution in [1.29, 1.82) is 0 Å². The number of amides is 4. The van der Waals surface area contributed by atoms with Crippen LogP contribution < -0.4 is 42.4 Å². The average Bonchev–Trinajstić information content (AvgIpc) is 0.927. The van der Waals surface area contributed by atoms with Crippen LogP contribution in [0.25, 0.3) is 83.7 Å². The molecule has 0 spiro atoms. The Balaban J connectivity index is 0.000000146. The van der Waals surface area contributed by atoms with Gasteiger partial charge in [0, 0.05) is 115 Å². The van der Waals surface area contributed by atoms with Crippen LogP contribution in [0.4, 0.5) is 32.1 Å². The van der Waals surface area contributed by atoms with Gasteiger partial charge in [0.2, 0.25) is 23.6 Å². The first-order valence-electron chi connectivity index (χ1n) is 48.5. The first-order valence-corrected chi connectivity index (χ1v) is 49.6. The number of para-hydroxylation sites is 2. The van der Waals surface area contributed by atoms with E-state index in [9.17, 15) is 53.0 Å². The number of aromatic hydroxyl groups is 2. The highest BCUT2D eigenvalue weighted by molar-refractivity contribution is 6.34. The van der Waals surface area contributed by atoms with Gasteiger partial charge in [0.15, 0.2) is 16.9 Å². The summed E-state index contributed by atoms with van der Waals surface area (Å²) in [7, 11) is 0. The third-order valence-corrected chi connectivity index (χ3v) is 28.9. The Morgan fingerprint density at radius 1 is 0.451 bits per heavy atom. The number of aromatic nitrogens is 13. The fraction of sp³-hybridized carbons (Fsp3) is 0.361. The SMILES string of the molecule is C=CC(=O)N1CCN(c2nc(=O)n(-c3c(C(C)C)ccnc3C)c3nc(-c4c(O)cccc4F)c(Cl)cc23)[C@@H](C)C1.C=CC(=O)N1CCN(c2nc(=O)n(-c3c(CC)cccc3CC)c3nc(-c4c(O)cccc4F)ccc23)[C@@H](C)C1.C=CC(=O)N1CCN(c2nc(=O)n(-c3ccccc3C3(C)CC3)c3nc(C)c(Cl)cc23)[C@@H](C)C1.C=CC(=O)N1CCN(c2nc(=O)n(C(CC)CC)c3nc(C)c(Cl)cc23)[C@@H](C)C1. The molecule has 13 aromatic rings. The lowest BCUT2D eigenvalue weighted by atomic mass is 9.96. The zero-order valence-electron chi connectivity index (χ0n) is 83.3. The van der Waals surface area contributed by atoms with Crippen molar-refractivity contribution in [3.8, 4) is 51.1 Å². The molecular weight excluding hydrogens is 1900 g/mol. The summed E-state index contributed by atoms with van der Waals surface area (Å²) >= 11 is 19.6. The van der Waals surface area contributed by atoms with Crippen molar-refractivity contribution >= 4 is 126 Å². The zero-order chi connectivity index (χ0) is 104. The molecule has 4 aromatic carbocycles. The molecule has 13 heterocycles. The predicted octanol–water partition coefficient (Wildman–Crippen LogP) is 17.0. The zero-order valence-corrected chi connectivity index (χ0v) is 85.6. The van der Waals surface area contributed by atoms with Crippen molar-refractivity contribution in [2.75, 3.05) is 98.1 Å². The molecule has 0 unspecified atom stereocenters. The highest BCUT2D eigenvalue weighted by Crippen LogP contribution is 2.50. The third-order valence-electron chi connectivity index (χ3n) is 27.8. The average molecular weight is 2010 g/mol. The number of benzene rings is 4. The van der Waals surface area contributed by atoms with Crippen LogP contribution >= 0.6 is 34.8 Å². The van der Waals surface area contributed by atoms with Crippen LogP contribution in [0, 0.1) is 32.4 Å². The normalized spacial score (nSPS) is 16.8. The van der Waals surface area contributed by atoms with Crippen molar-refractivity contribution in [1.82, 2.24) is 82.7 Å². The van der Waals surface area contributed by atoms with Gasteiger partial charge in [-0.05, 0) is 212 Å². The molecule has 36 heteroatoms. The molecule has 18 rings (SSSR count). The molecule has 750 valence electrons. The Bertz CT molecular complexity index is 7490. The minimum Gasteiger partial charge on any atom is -0.507 e. The molecule has 1 saturated carbocycles. The summed E-state index contributed by atoms with van der Waals surface area (Å²) < 4.78 is 36.1. The molecule has 4 aliphatic heterocycles. The number of halogens is 5. The quantitative estimate of drug-likeness (QED) is 0.0669. The lowest BCUT2D eigenvalue weighted by Gasteiger charge is -2.40. The van der Waals surface area contributed by atoms with E-state index in [2.05, 4.69) is 92.9 Å². The molecule has 0 radical (unpaired) electrons. The van der Waals surface area contributed by atoms with Crippen LogP contribution in [0.15, 0.2) is 191 Å². The third kappa shape index (κ3) is 20.4. The number of phenolic OH excluding ortho intramolecular Hbond substituents is 2. The number of phenols is 2. The van der Waals surface area contributed by atoms with Gasteiger partial charge in [0.1, 0.15) is 52.1 Å². The van der Waals surface area contributed by atoms with Crippen LogP contribution in [0.2, 0.25) is 15.1 Å². The fourth-order valence-corrected chi connectivity index (χ4v) is 20.3. The molecular formula is C108H118Cl3F2N21O10. The lowest BCUT2D eigenvalue weighted by molar-refractivity contribution is -0.127. The number of rotatable bonds is 20. The Kier molecular flexibility index (Phi) is 31.3. The van der Waals surface area contributed by atoms with Crippen molar-refractivity contribution in [3.63, 3.8) is 0 Å². The number of carbonyl (C=O) groups excluding carboxylic acids is 4. The van der Waals surface area contributed by atoms with E-state index in [0.717, 1.165) is 70.1 Å². The molecule has 1 aliphatic carbocycles. The second-order valence-electron chi connectivity index (χ2n) is 37.4. The number of hydrogen-bond donors (Lipinski definition) is 2. The molecule has 4 atom stereocenters. The maximum atomic E-state index is 15.0. The Labute approximate surface area is 847 Å². The van der Waals surface area contributed by atoms with Gasteiger partial charge in [-0.1, -0.05) is 158 Å². The van der Waals surface area contributed by atoms with E-state index in [-0.39, 0.29) is 121 Å². The van der Waals surface area contributed by atoms with E-state index in [1.54, 1.807) is 60.1 Å². The number of nitrogens with zero attached hydrogens (tertiary/aromatic N) is 21. The van der Waals surface area contributed by atoms with Crippen LogP contribution in [-0.2, 0) is 37.4 Å². The van der Waals surface area contributed by atoms with Crippen LogP contribution in [0.3, 0.4) is 0 Å². The number of aryl methyl sites for hydroxylation is 5. The van der Waals surface area contributed by atoms with Gasteiger partial charge in [0.05, 0.1) is 93.3 Å². The van der Waals surface area contributed by atoms with Gasteiger partial charge in [-0.15, -0.1) is 0 Å². The summed E-state index contributed by atoms with van der Waals surface area (Å²) in [6.07, 6.45) is 12.1. The first-order chi connectivity index (χ1) is 68.9. The summed E-state index contributed by atoms with van der Waals surface area (Å²) in [5.41, 5.74) is 7.86. The largest absolute Gasteiger partial charge is 0.507 e. The van der Waals surface area contributed by atoms with Crippen molar-refractivity contribution in [3.05, 3.63) is 280 Å². The standard InChI is InChI=1S/C31H32FN5O3.C30H30ClFN6O3.C26H28ClN5O2.C21H28ClN5O2/c1-5-20-10-8-11-21(6-2)28(20)37-30-22(14-15-24(33-30)27-23(32)12-9-13-25(27)38)29(34-31(37)40)36-17-16-35(18-19(36)4)26(39)7-3;1-6-24(40)36-12-13-37(17(4)15-36)28-20-14-21(31)26(25-22(32)8-7-9-23(25)39)34-29(20)38(30(41)35-28)27-18(5)33-11-10-19(27)16(2)3;1-5-22(33)30-12-13-31(16(2)15-30)23-18-14-20(27)17(3)28-24(18)32(25(34)29-23)21-9-7-6-8-19(21)26(4)10-11-26;1-6-15(7-2)27-20-16(11-17(22)14(5)23-20)19(24-21(27)29)26-10-9-25(12-13(26)4)18(28)8-3/h7-15,19,38H,3,5-6,16-18H2,1-2,4H3;6-11,14,16-17,39H,1,12-13,15H2,2-5H3;5-9,14,16H,1,10-13,15H2,2-4H3;8,11,13,15H,3,6-7,9-10,12H2,1-2,4-5H3/t19-;17-;16-;13-/m0000/s1. The van der Waals surface area contributed by atoms with E-state index in [0.29, 0.717) is 175 Å². The predicted molar refractivity (Wildman–Crippen MR) is 564 cm³/mol. The molecule has 31 nitrogen and oxygen atoms in total. The van der Waals surface area contributed by atoms with E-state index in [1.807, 2.05) is 134 Å². The van der Waals surface area contributed by atoms with Gasteiger partial charge in [-0.3, -0.25) is 28.7 Å². The van der Waals surface area contributed by atoms with Crippen LogP contribution in [-0.4, -0.2) is 219 Å². The number of hydrogen-bond acceptors (Lipinski definition) is 23. The Morgan fingerprint density at radius 3 is 1.28 bits per heavy atom. The van der Waals surface area contributed by atoms with E-state index >= 15 is 4.39 Å². The second kappa shape index (κ2) is 43.4. The smallest absolute Gasteiger partial charge is 0.355 e. The van der Waals surface area contributed by atoms with Gasteiger partial charge < -0.3 is 49.4 Å². The maximum Gasteiger partial charge on any atom is 0.355 e. The molecule has 4 saturated heterocycles. The van der Waals surface area contributed by atoms with Crippen LogP contribution in [0.5, 0.6) is 11.5 Å². The van der Waals surface area contributed by atoms with Gasteiger partial charge >= 0.3 is 22.8 Å². The number of fused-ring (bicyclic) bond motifs is 4. The first kappa shape index (κ1) is 104. The maximum absolute atomic E-state index is 15.0. The van der Waals surface area contributed by atoms with Gasteiger partial charge in [0.25, 0.3) is 0 Å². The Hall–Kier alpha value is -14.4. The molecule has 2 N–H and O–H groups in total. The highest BCUT2D eigenvalue weighted by atomic mass is 35.5. The lowest BCUT2D eigenvalue weighted by Crippen LogP contribution is -2.54. The van der Waals surface area contributed by atoms with E-state index < -0.39 is 23.0 Å². The molecule has 5 aliphatic rings.